The highest BCUT2D eigenvalue weighted by Gasteiger charge is 2.48. The molecule has 0 aromatic carbocycles. The van der Waals surface area contributed by atoms with Crippen LogP contribution in [0, 0.1) is 5.92 Å². The molecule has 0 amide bonds. The molecule has 6 heteroatoms. The van der Waals surface area contributed by atoms with Gasteiger partial charge in [0.05, 0.1) is 11.5 Å². The lowest BCUT2D eigenvalue weighted by Gasteiger charge is -2.22. The quantitative estimate of drug-likeness (QED) is 0.316. The number of rotatable bonds is 1. The van der Waals surface area contributed by atoms with E-state index in [1.54, 1.807) is 6.08 Å². The molecule has 0 aromatic heterocycles. The van der Waals surface area contributed by atoms with E-state index < -0.39 is 42.1 Å². The van der Waals surface area contributed by atoms with Crippen molar-refractivity contribution in [1.29, 1.82) is 0 Å². The Morgan fingerprint density at radius 1 is 1.30 bits per heavy atom. The molecular weight excluding hydrogens is 300 g/mol. The molecule has 122 valence electrons. The molecule has 2 heterocycles. The Kier molecular flexibility index (Phi) is 3.83. The van der Waals surface area contributed by atoms with Crippen molar-refractivity contribution in [3.8, 4) is 0 Å². The summed E-state index contributed by atoms with van der Waals surface area (Å²) in [6.45, 7) is 6.99. The van der Waals surface area contributed by atoms with Crippen molar-refractivity contribution in [3.05, 3.63) is 35.5 Å². The van der Waals surface area contributed by atoms with Crippen LogP contribution in [0.2, 0.25) is 0 Å². The summed E-state index contributed by atoms with van der Waals surface area (Å²) >= 11 is 0. The molecule has 0 spiro atoms. The second-order valence-electron chi connectivity index (χ2n) is 6.08. The first-order valence-corrected chi connectivity index (χ1v) is 7.52. The topological polar surface area (TPSA) is 78.9 Å². The van der Waals surface area contributed by atoms with Gasteiger partial charge in [0.25, 0.3) is 0 Å². The summed E-state index contributed by atoms with van der Waals surface area (Å²) in [7, 11) is 0. The van der Waals surface area contributed by atoms with Crippen molar-refractivity contribution in [2.75, 3.05) is 0 Å². The fraction of sp³-hybridized carbons (Fsp3) is 0.471. The van der Waals surface area contributed by atoms with Crippen molar-refractivity contribution >= 4 is 17.9 Å². The minimum Gasteiger partial charge on any atom is -0.458 e. The third-order valence-corrected chi connectivity index (χ3v) is 4.36. The molecule has 3 aliphatic rings. The van der Waals surface area contributed by atoms with Crippen LogP contribution in [0.3, 0.4) is 0 Å². The van der Waals surface area contributed by atoms with Crippen LogP contribution in [-0.4, -0.2) is 36.2 Å². The summed E-state index contributed by atoms with van der Waals surface area (Å²) in [4.78, 5) is 35.3. The molecule has 0 unspecified atom stereocenters. The van der Waals surface area contributed by atoms with E-state index in [1.165, 1.54) is 6.92 Å². The van der Waals surface area contributed by atoms with Gasteiger partial charge in [-0.2, -0.15) is 0 Å². The van der Waals surface area contributed by atoms with Crippen molar-refractivity contribution < 1.29 is 28.6 Å². The molecule has 23 heavy (non-hydrogen) atoms. The van der Waals surface area contributed by atoms with Gasteiger partial charge in [-0.05, 0) is 13.0 Å². The average Bonchev–Trinajstić information content (AvgIpc) is 2.95. The highest BCUT2D eigenvalue weighted by molar-refractivity contribution is 5.94. The van der Waals surface area contributed by atoms with E-state index in [0.29, 0.717) is 24.0 Å². The Morgan fingerprint density at radius 2 is 2.04 bits per heavy atom. The van der Waals surface area contributed by atoms with Crippen LogP contribution in [0.25, 0.3) is 0 Å². The third kappa shape index (κ3) is 2.81. The Hall–Kier alpha value is -2.37. The second-order valence-corrected chi connectivity index (χ2v) is 6.08. The normalized spacial score (nSPS) is 35.5. The van der Waals surface area contributed by atoms with Gasteiger partial charge < -0.3 is 14.2 Å². The number of carbonyl (C=O) groups is 3. The van der Waals surface area contributed by atoms with E-state index >= 15 is 0 Å². The molecule has 3 rings (SSSR count). The second kappa shape index (κ2) is 5.68. The zero-order valence-corrected chi connectivity index (χ0v) is 13.0. The van der Waals surface area contributed by atoms with Crippen molar-refractivity contribution in [1.82, 2.24) is 0 Å². The number of ether oxygens (including phenoxy) is 3. The number of hydrogen-bond acceptors (Lipinski definition) is 6. The van der Waals surface area contributed by atoms with E-state index in [4.69, 9.17) is 14.2 Å². The highest BCUT2D eigenvalue weighted by atomic mass is 16.6. The number of carbonyl (C=O) groups excluding carboxylic acids is 3. The number of esters is 3. The van der Waals surface area contributed by atoms with Crippen molar-refractivity contribution in [3.63, 3.8) is 0 Å². The summed E-state index contributed by atoms with van der Waals surface area (Å²) in [5, 5.41) is 0. The molecule has 0 aromatic rings. The van der Waals surface area contributed by atoms with Gasteiger partial charge in [0, 0.05) is 25.3 Å². The molecular formula is C17H18O6. The van der Waals surface area contributed by atoms with Gasteiger partial charge in [-0.25, -0.2) is 9.59 Å². The standard InChI is InChI=1S/C17H18O6/c1-8-4-5-12(21-10(3)18)11-7-14(23-17(11)20)15-9(2)16(19)22-13(15)6-8/h4,7,12-15H,2,5-6H2,1,3H3/b8-4+/t12-,13-,14+,15-/m0/s1. The Morgan fingerprint density at radius 3 is 2.74 bits per heavy atom. The van der Waals surface area contributed by atoms with E-state index in [1.807, 2.05) is 13.0 Å². The maximum Gasteiger partial charge on any atom is 0.338 e. The van der Waals surface area contributed by atoms with Gasteiger partial charge in [0.1, 0.15) is 18.3 Å². The maximum atomic E-state index is 12.2. The summed E-state index contributed by atoms with van der Waals surface area (Å²) in [6, 6.07) is 0. The first-order valence-electron chi connectivity index (χ1n) is 7.52. The first-order chi connectivity index (χ1) is 10.9. The largest absolute Gasteiger partial charge is 0.458 e. The Balaban J connectivity index is 2.00. The summed E-state index contributed by atoms with van der Waals surface area (Å²) in [6.07, 6.45) is 2.74. The van der Waals surface area contributed by atoms with Gasteiger partial charge in [-0.15, -0.1) is 0 Å². The molecule has 1 aliphatic carbocycles. The van der Waals surface area contributed by atoms with Crippen molar-refractivity contribution in [2.45, 2.75) is 45.0 Å². The SMILES string of the molecule is C=C1C(=O)O[C@H]2C/C(C)=C/C[C@H](OC(C)=O)C3=C[C@@H](OC3=O)[C@@H]12. The fourth-order valence-electron chi connectivity index (χ4n) is 3.26. The van der Waals surface area contributed by atoms with Crippen LogP contribution in [0.4, 0.5) is 0 Å². The minimum atomic E-state index is -0.678. The third-order valence-electron chi connectivity index (χ3n) is 4.36. The minimum absolute atomic E-state index is 0.307. The smallest absolute Gasteiger partial charge is 0.338 e. The predicted molar refractivity (Wildman–Crippen MR) is 79.0 cm³/mol. The molecule has 6 nitrogen and oxygen atoms in total. The molecule has 2 bridgehead atoms. The molecule has 1 fully saturated rings. The molecule has 0 radical (unpaired) electrons. The van der Waals surface area contributed by atoms with Crippen LogP contribution >= 0.6 is 0 Å². The lowest BCUT2D eigenvalue weighted by atomic mass is 9.86. The summed E-state index contributed by atoms with van der Waals surface area (Å²) < 4.78 is 16.0. The average molecular weight is 318 g/mol. The van der Waals surface area contributed by atoms with Gasteiger partial charge >= 0.3 is 17.9 Å². The van der Waals surface area contributed by atoms with Gasteiger partial charge in [-0.1, -0.05) is 18.2 Å². The predicted octanol–water partition coefficient (Wildman–Crippen LogP) is 1.61. The zero-order chi connectivity index (χ0) is 16.7. The van der Waals surface area contributed by atoms with Crippen LogP contribution in [0.5, 0.6) is 0 Å². The Bertz CT molecular complexity index is 656. The van der Waals surface area contributed by atoms with E-state index in [-0.39, 0.29) is 0 Å². The maximum absolute atomic E-state index is 12.2. The van der Waals surface area contributed by atoms with Gasteiger partial charge in [0.15, 0.2) is 0 Å². The van der Waals surface area contributed by atoms with Crippen LogP contribution in [0.1, 0.15) is 26.7 Å². The van der Waals surface area contributed by atoms with Crippen LogP contribution in [0.15, 0.2) is 35.5 Å². The number of hydrogen-bond donors (Lipinski definition) is 0. The highest BCUT2D eigenvalue weighted by Crippen LogP contribution is 2.39. The molecule has 0 saturated carbocycles. The first kappa shape index (κ1) is 15.5. The van der Waals surface area contributed by atoms with Gasteiger partial charge in [-0.3, -0.25) is 4.79 Å². The summed E-state index contributed by atoms with van der Waals surface area (Å²) in [5.74, 6) is -1.86. The van der Waals surface area contributed by atoms with Crippen molar-refractivity contribution in [2.24, 2.45) is 5.92 Å². The molecule has 4 atom stereocenters. The monoisotopic (exact) mass is 318 g/mol. The molecule has 1 saturated heterocycles. The summed E-state index contributed by atoms with van der Waals surface area (Å²) in [5.41, 5.74) is 1.61. The fourth-order valence-corrected chi connectivity index (χ4v) is 3.26. The molecule has 0 N–H and O–H groups in total. The van der Waals surface area contributed by atoms with E-state index in [9.17, 15) is 14.4 Å². The lowest BCUT2D eigenvalue weighted by Crippen LogP contribution is -2.29. The lowest BCUT2D eigenvalue weighted by molar-refractivity contribution is -0.147. The van der Waals surface area contributed by atoms with E-state index in [2.05, 4.69) is 6.58 Å². The van der Waals surface area contributed by atoms with Crippen LogP contribution < -0.4 is 0 Å². The zero-order valence-electron chi connectivity index (χ0n) is 13.0. The van der Waals surface area contributed by atoms with Crippen LogP contribution in [-0.2, 0) is 28.6 Å². The van der Waals surface area contributed by atoms with E-state index in [0.717, 1.165) is 5.57 Å². The Labute approximate surface area is 133 Å². The number of fused-ring (bicyclic) bond motifs is 3. The molecule has 2 aliphatic heterocycles. The van der Waals surface area contributed by atoms with Gasteiger partial charge in [0.2, 0.25) is 0 Å².